The van der Waals surface area contributed by atoms with Crippen molar-refractivity contribution in [1.82, 2.24) is 9.88 Å². The van der Waals surface area contributed by atoms with Gasteiger partial charge in [-0.2, -0.15) is 0 Å². The third-order valence-electron chi connectivity index (χ3n) is 3.50. The molecule has 1 aliphatic rings. The lowest BCUT2D eigenvalue weighted by molar-refractivity contribution is 0.191. The van der Waals surface area contributed by atoms with Crippen molar-refractivity contribution in [2.45, 2.75) is 31.6 Å². The van der Waals surface area contributed by atoms with E-state index < -0.39 is 6.10 Å². The van der Waals surface area contributed by atoms with Gasteiger partial charge in [0, 0.05) is 19.1 Å². The van der Waals surface area contributed by atoms with Gasteiger partial charge in [0.25, 0.3) is 0 Å². The van der Waals surface area contributed by atoms with Crippen LogP contribution >= 0.6 is 0 Å². The molecule has 2 rings (SSSR count). The second-order valence-corrected chi connectivity index (χ2v) is 5.58. The Balaban J connectivity index is 2.14. The first kappa shape index (κ1) is 14.2. The van der Waals surface area contributed by atoms with Gasteiger partial charge >= 0.3 is 0 Å². The molecular weight excluding hydrogens is 242 g/mol. The van der Waals surface area contributed by atoms with Gasteiger partial charge < -0.3 is 20.0 Å². The van der Waals surface area contributed by atoms with Gasteiger partial charge in [-0.25, -0.2) is 0 Å². The molecule has 5 nitrogen and oxygen atoms in total. The van der Waals surface area contributed by atoms with Crippen LogP contribution in [-0.4, -0.2) is 59.4 Å². The van der Waals surface area contributed by atoms with Crippen molar-refractivity contribution in [3.8, 4) is 0 Å². The van der Waals surface area contributed by atoms with Gasteiger partial charge in [-0.3, -0.25) is 4.98 Å². The van der Waals surface area contributed by atoms with E-state index in [1.807, 2.05) is 26.2 Å². The Labute approximate surface area is 114 Å². The normalized spacial score (nSPS) is 25.1. The molecule has 1 saturated heterocycles. The van der Waals surface area contributed by atoms with Crippen LogP contribution < -0.4 is 4.90 Å². The summed E-state index contributed by atoms with van der Waals surface area (Å²) in [5.74, 6) is 0. The Morgan fingerprint density at radius 2 is 2.21 bits per heavy atom. The zero-order valence-corrected chi connectivity index (χ0v) is 11.8. The SMILES string of the molecule is C[C@@H](O)c1ccc(N2CC(O)CC2CN(C)C)cn1. The number of β-amino-alcohol motifs (C(OH)–C–C–N with tert-alkyl or cyclic N) is 1. The Hall–Kier alpha value is -1.17. The highest BCUT2D eigenvalue weighted by molar-refractivity contribution is 5.47. The van der Waals surface area contributed by atoms with Crippen molar-refractivity contribution < 1.29 is 10.2 Å². The number of aromatic nitrogens is 1. The molecule has 0 aliphatic carbocycles. The lowest BCUT2D eigenvalue weighted by atomic mass is 10.2. The standard InChI is InChI=1S/C14H23N3O2/c1-10(18)14-5-4-11(7-15-14)17-9-13(19)6-12(17)8-16(2)3/h4-5,7,10,12-13,18-19H,6,8-9H2,1-3H3/t10-,12?,13?/m1/s1. The molecule has 0 spiro atoms. The molecule has 2 N–H and O–H groups in total. The van der Waals surface area contributed by atoms with E-state index in [0.717, 1.165) is 18.7 Å². The van der Waals surface area contributed by atoms with E-state index in [9.17, 15) is 10.2 Å². The predicted octanol–water partition coefficient (Wildman–Crippen LogP) is 0.636. The molecular formula is C14H23N3O2. The molecule has 5 heteroatoms. The Morgan fingerprint density at radius 1 is 1.47 bits per heavy atom. The number of hydrogen-bond donors (Lipinski definition) is 2. The van der Waals surface area contributed by atoms with Crippen molar-refractivity contribution in [3.05, 3.63) is 24.0 Å². The number of likely N-dealkylation sites (N-methyl/N-ethyl adjacent to an activating group) is 1. The Kier molecular flexibility index (Phi) is 4.39. The molecule has 2 unspecified atom stereocenters. The number of nitrogens with zero attached hydrogens (tertiary/aromatic N) is 3. The van der Waals surface area contributed by atoms with Crippen LogP contribution in [0.4, 0.5) is 5.69 Å². The van der Waals surface area contributed by atoms with Crippen LogP contribution in [0.3, 0.4) is 0 Å². The minimum absolute atomic E-state index is 0.276. The van der Waals surface area contributed by atoms with E-state index in [1.54, 1.807) is 13.1 Å². The summed E-state index contributed by atoms with van der Waals surface area (Å²) in [4.78, 5) is 8.60. The fraction of sp³-hybridized carbons (Fsp3) is 0.643. The summed E-state index contributed by atoms with van der Waals surface area (Å²) in [5.41, 5.74) is 1.68. The minimum Gasteiger partial charge on any atom is -0.391 e. The van der Waals surface area contributed by atoms with Crippen LogP contribution in [-0.2, 0) is 0 Å². The molecule has 1 aromatic rings. The number of anilines is 1. The molecule has 106 valence electrons. The van der Waals surface area contributed by atoms with E-state index in [1.165, 1.54) is 0 Å². The summed E-state index contributed by atoms with van der Waals surface area (Å²) in [5, 5.41) is 19.3. The number of pyridine rings is 1. The number of aliphatic hydroxyl groups excluding tert-OH is 2. The largest absolute Gasteiger partial charge is 0.391 e. The molecule has 1 fully saturated rings. The van der Waals surface area contributed by atoms with E-state index in [-0.39, 0.29) is 6.10 Å². The quantitative estimate of drug-likeness (QED) is 0.836. The highest BCUT2D eigenvalue weighted by Crippen LogP contribution is 2.26. The summed E-state index contributed by atoms with van der Waals surface area (Å²) in [6, 6.07) is 4.12. The number of rotatable bonds is 4. The van der Waals surface area contributed by atoms with E-state index in [2.05, 4.69) is 14.8 Å². The molecule has 0 radical (unpaired) electrons. The first-order valence-electron chi connectivity index (χ1n) is 6.71. The maximum absolute atomic E-state index is 9.87. The molecule has 3 atom stereocenters. The second kappa shape index (κ2) is 5.86. The molecule has 1 aliphatic heterocycles. The fourth-order valence-corrected chi connectivity index (χ4v) is 2.62. The zero-order chi connectivity index (χ0) is 14.0. The molecule has 0 saturated carbocycles. The van der Waals surface area contributed by atoms with Gasteiger partial charge in [-0.05, 0) is 39.6 Å². The van der Waals surface area contributed by atoms with Crippen LogP contribution in [0, 0.1) is 0 Å². The van der Waals surface area contributed by atoms with E-state index >= 15 is 0 Å². The Morgan fingerprint density at radius 3 is 2.74 bits per heavy atom. The topological polar surface area (TPSA) is 59.8 Å². The van der Waals surface area contributed by atoms with E-state index in [4.69, 9.17) is 0 Å². The maximum Gasteiger partial charge on any atom is 0.0931 e. The van der Waals surface area contributed by atoms with Crippen LogP contribution in [0.15, 0.2) is 18.3 Å². The molecule has 19 heavy (non-hydrogen) atoms. The molecule has 2 heterocycles. The van der Waals surface area contributed by atoms with Gasteiger partial charge in [-0.15, -0.1) is 0 Å². The minimum atomic E-state index is -0.546. The van der Waals surface area contributed by atoms with Gasteiger partial charge in [0.15, 0.2) is 0 Å². The smallest absolute Gasteiger partial charge is 0.0931 e. The first-order chi connectivity index (χ1) is 8.97. The van der Waals surface area contributed by atoms with Gasteiger partial charge in [0.2, 0.25) is 0 Å². The Bertz CT molecular complexity index is 406. The van der Waals surface area contributed by atoms with Crippen molar-refractivity contribution >= 4 is 5.69 Å². The molecule has 0 aromatic carbocycles. The lowest BCUT2D eigenvalue weighted by Crippen LogP contribution is -2.37. The number of aliphatic hydroxyl groups is 2. The lowest BCUT2D eigenvalue weighted by Gasteiger charge is -2.28. The number of hydrogen-bond acceptors (Lipinski definition) is 5. The summed E-state index contributed by atoms with van der Waals surface area (Å²) >= 11 is 0. The summed E-state index contributed by atoms with van der Waals surface area (Å²) in [7, 11) is 4.08. The highest BCUT2D eigenvalue weighted by Gasteiger charge is 2.31. The van der Waals surface area contributed by atoms with Crippen LogP contribution in [0.2, 0.25) is 0 Å². The van der Waals surface area contributed by atoms with Crippen molar-refractivity contribution in [2.75, 3.05) is 32.1 Å². The summed E-state index contributed by atoms with van der Waals surface area (Å²) < 4.78 is 0. The van der Waals surface area contributed by atoms with Gasteiger partial charge in [-0.1, -0.05) is 0 Å². The second-order valence-electron chi connectivity index (χ2n) is 5.58. The molecule has 1 aromatic heterocycles. The fourth-order valence-electron chi connectivity index (χ4n) is 2.62. The molecule has 0 amide bonds. The average Bonchev–Trinajstić information content (AvgIpc) is 2.69. The van der Waals surface area contributed by atoms with E-state index in [0.29, 0.717) is 18.3 Å². The van der Waals surface area contributed by atoms with Crippen molar-refractivity contribution in [2.24, 2.45) is 0 Å². The monoisotopic (exact) mass is 265 g/mol. The van der Waals surface area contributed by atoms with Crippen molar-refractivity contribution in [3.63, 3.8) is 0 Å². The zero-order valence-electron chi connectivity index (χ0n) is 11.8. The van der Waals surface area contributed by atoms with Crippen molar-refractivity contribution in [1.29, 1.82) is 0 Å². The van der Waals surface area contributed by atoms with Gasteiger partial charge in [0.1, 0.15) is 0 Å². The third-order valence-corrected chi connectivity index (χ3v) is 3.50. The average molecular weight is 265 g/mol. The predicted molar refractivity (Wildman–Crippen MR) is 75.2 cm³/mol. The summed E-state index contributed by atoms with van der Waals surface area (Å²) in [6.07, 6.45) is 1.75. The maximum atomic E-state index is 9.87. The van der Waals surface area contributed by atoms with Crippen LogP contribution in [0.5, 0.6) is 0 Å². The summed E-state index contributed by atoms with van der Waals surface area (Å²) in [6.45, 7) is 3.26. The highest BCUT2D eigenvalue weighted by atomic mass is 16.3. The van der Waals surface area contributed by atoms with Crippen LogP contribution in [0.1, 0.15) is 25.1 Å². The van der Waals surface area contributed by atoms with Gasteiger partial charge in [0.05, 0.1) is 29.8 Å². The third kappa shape index (κ3) is 3.43. The molecule has 0 bridgehead atoms. The van der Waals surface area contributed by atoms with Crippen LogP contribution in [0.25, 0.3) is 0 Å². The first-order valence-corrected chi connectivity index (χ1v) is 6.71.